The van der Waals surface area contributed by atoms with Crippen molar-refractivity contribution in [1.82, 2.24) is 5.32 Å². The molecule has 104 valence electrons. The Morgan fingerprint density at radius 1 is 1.47 bits per heavy atom. The molecule has 2 fully saturated rings. The number of aliphatic imine (C=N–C) groups is 1. The first-order valence-electron chi connectivity index (χ1n) is 6.71. The molecule has 3 unspecified atom stereocenters. The molecule has 0 radical (unpaired) electrons. The standard InChI is InChI=1S/C14H20N2O2S/c1-4-5-9(7-6-8(2)15-3)10-11-12(10)19-14(18)16-13(11)17/h7,10-12H,4-6H2,1-3H3,(H,16,17,18)/b9-7+,15-8?. The van der Waals surface area contributed by atoms with Crippen molar-refractivity contribution in [1.29, 1.82) is 0 Å². The molecule has 2 amide bonds. The second-order valence-electron chi connectivity index (χ2n) is 5.10. The predicted octanol–water partition coefficient (Wildman–Crippen LogP) is 2.79. The van der Waals surface area contributed by atoms with Crippen molar-refractivity contribution in [3.05, 3.63) is 11.6 Å². The van der Waals surface area contributed by atoms with Crippen LogP contribution in [0.5, 0.6) is 0 Å². The van der Waals surface area contributed by atoms with Crippen LogP contribution in [0.4, 0.5) is 4.79 Å². The van der Waals surface area contributed by atoms with Crippen molar-refractivity contribution in [3.8, 4) is 0 Å². The first-order valence-corrected chi connectivity index (χ1v) is 7.59. The minimum atomic E-state index is -0.198. The van der Waals surface area contributed by atoms with Gasteiger partial charge < -0.3 is 0 Å². The zero-order valence-electron chi connectivity index (χ0n) is 11.6. The van der Waals surface area contributed by atoms with Crippen LogP contribution >= 0.6 is 11.8 Å². The number of imide groups is 1. The summed E-state index contributed by atoms with van der Waals surface area (Å²) < 4.78 is 0. The Morgan fingerprint density at radius 2 is 2.21 bits per heavy atom. The number of amides is 2. The Bertz CT molecular complexity index is 456. The smallest absolute Gasteiger partial charge is 0.285 e. The van der Waals surface area contributed by atoms with Gasteiger partial charge in [-0.25, -0.2) is 0 Å². The highest BCUT2D eigenvalue weighted by atomic mass is 32.2. The van der Waals surface area contributed by atoms with E-state index in [1.165, 1.54) is 17.3 Å². The normalized spacial score (nSPS) is 31.0. The van der Waals surface area contributed by atoms with Crippen LogP contribution in [-0.2, 0) is 4.79 Å². The highest BCUT2D eigenvalue weighted by Crippen LogP contribution is 2.55. The van der Waals surface area contributed by atoms with E-state index in [1.54, 1.807) is 7.05 Å². The van der Waals surface area contributed by atoms with E-state index in [0.717, 1.165) is 25.0 Å². The lowest BCUT2D eigenvalue weighted by atomic mass is 10.0. The summed E-state index contributed by atoms with van der Waals surface area (Å²) in [4.78, 5) is 27.3. The van der Waals surface area contributed by atoms with E-state index in [1.807, 2.05) is 6.92 Å². The molecule has 2 aliphatic rings. The summed E-state index contributed by atoms with van der Waals surface area (Å²) in [6, 6.07) is 0. The van der Waals surface area contributed by atoms with Crippen LogP contribution in [0.2, 0.25) is 0 Å². The highest BCUT2D eigenvalue weighted by Gasteiger charge is 2.60. The van der Waals surface area contributed by atoms with Gasteiger partial charge in [-0.1, -0.05) is 36.8 Å². The molecule has 1 heterocycles. The Kier molecular flexibility index (Phi) is 4.45. The van der Waals surface area contributed by atoms with E-state index in [-0.39, 0.29) is 28.2 Å². The van der Waals surface area contributed by atoms with Crippen molar-refractivity contribution >= 4 is 28.6 Å². The molecule has 1 saturated carbocycles. The van der Waals surface area contributed by atoms with E-state index in [4.69, 9.17) is 0 Å². The number of fused-ring (bicyclic) bond motifs is 1. The minimum absolute atomic E-state index is 0.000582. The van der Waals surface area contributed by atoms with Gasteiger partial charge >= 0.3 is 0 Å². The Labute approximate surface area is 118 Å². The fourth-order valence-corrected chi connectivity index (χ4v) is 3.83. The third-order valence-electron chi connectivity index (χ3n) is 3.73. The molecule has 0 spiro atoms. The third kappa shape index (κ3) is 3.08. The molecule has 1 aliphatic heterocycles. The summed E-state index contributed by atoms with van der Waals surface area (Å²) in [5.41, 5.74) is 2.41. The van der Waals surface area contributed by atoms with Crippen molar-refractivity contribution in [2.24, 2.45) is 16.8 Å². The quantitative estimate of drug-likeness (QED) is 0.622. The Hall–Kier alpha value is -1.10. The first-order chi connectivity index (χ1) is 9.08. The molecule has 1 aliphatic carbocycles. The van der Waals surface area contributed by atoms with Gasteiger partial charge in [0.25, 0.3) is 5.24 Å². The van der Waals surface area contributed by atoms with E-state index >= 15 is 0 Å². The monoisotopic (exact) mass is 280 g/mol. The summed E-state index contributed by atoms with van der Waals surface area (Å²) >= 11 is 1.28. The maximum atomic E-state index is 11.8. The van der Waals surface area contributed by atoms with E-state index < -0.39 is 0 Å². The Balaban J connectivity index is 2.09. The number of hydrogen-bond acceptors (Lipinski definition) is 4. The molecule has 1 N–H and O–H groups in total. The maximum absolute atomic E-state index is 11.8. The Morgan fingerprint density at radius 3 is 2.84 bits per heavy atom. The van der Waals surface area contributed by atoms with Gasteiger partial charge in [0.1, 0.15) is 0 Å². The zero-order valence-corrected chi connectivity index (χ0v) is 12.4. The molecule has 0 aromatic carbocycles. The largest absolute Gasteiger partial charge is 0.297 e. The number of rotatable bonds is 5. The van der Waals surface area contributed by atoms with Crippen LogP contribution < -0.4 is 5.32 Å². The van der Waals surface area contributed by atoms with Crippen molar-refractivity contribution in [2.75, 3.05) is 7.05 Å². The van der Waals surface area contributed by atoms with Gasteiger partial charge in [0.2, 0.25) is 5.91 Å². The predicted molar refractivity (Wildman–Crippen MR) is 78.5 cm³/mol. The molecule has 0 aromatic heterocycles. The number of carbonyl (C=O) groups excluding carboxylic acids is 2. The van der Waals surface area contributed by atoms with Gasteiger partial charge in [-0.05, 0) is 13.3 Å². The van der Waals surface area contributed by atoms with Crippen LogP contribution in [0.15, 0.2) is 16.6 Å². The van der Waals surface area contributed by atoms with Gasteiger partial charge in [0.15, 0.2) is 0 Å². The molecule has 5 heteroatoms. The lowest BCUT2D eigenvalue weighted by molar-refractivity contribution is -0.121. The maximum Gasteiger partial charge on any atom is 0.285 e. The van der Waals surface area contributed by atoms with Gasteiger partial charge in [-0.3, -0.25) is 19.9 Å². The number of hydrogen-bond donors (Lipinski definition) is 1. The lowest BCUT2D eigenvalue weighted by Crippen LogP contribution is -2.33. The van der Waals surface area contributed by atoms with Crippen molar-refractivity contribution < 1.29 is 9.59 Å². The van der Waals surface area contributed by atoms with Crippen LogP contribution in [0.3, 0.4) is 0 Å². The number of thioether (sulfide) groups is 1. The fraction of sp³-hybridized carbons (Fsp3) is 0.643. The van der Waals surface area contributed by atoms with E-state index in [0.29, 0.717) is 0 Å². The number of nitrogens with zero attached hydrogens (tertiary/aromatic N) is 1. The fourth-order valence-electron chi connectivity index (χ4n) is 2.58. The summed E-state index contributed by atoms with van der Waals surface area (Å²) in [6.45, 7) is 4.14. The molecule has 2 rings (SSSR count). The summed E-state index contributed by atoms with van der Waals surface area (Å²) in [7, 11) is 1.79. The summed E-state index contributed by atoms with van der Waals surface area (Å²) in [6.07, 6.45) is 5.09. The summed E-state index contributed by atoms with van der Waals surface area (Å²) in [5.74, 6) is 0.155. The molecule has 4 nitrogen and oxygen atoms in total. The molecule has 0 aromatic rings. The zero-order chi connectivity index (χ0) is 14.0. The molecular weight excluding hydrogens is 260 g/mol. The van der Waals surface area contributed by atoms with Crippen molar-refractivity contribution in [3.63, 3.8) is 0 Å². The van der Waals surface area contributed by atoms with Gasteiger partial charge in [0, 0.05) is 30.3 Å². The van der Waals surface area contributed by atoms with Crippen LogP contribution in [0, 0.1) is 11.8 Å². The number of allylic oxidation sites excluding steroid dienone is 2. The lowest BCUT2D eigenvalue weighted by Gasteiger charge is -2.06. The minimum Gasteiger partial charge on any atom is -0.297 e. The van der Waals surface area contributed by atoms with Crippen molar-refractivity contribution in [2.45, 2.75) is 38.4 Å². The highest BCUT2D eigenvalue weighted by molar-refractivity contribution is 8.14. The molecule has 1 saturated heterocycles. The summed E-state index contributed by atoms with van der Waals surface area (Å²) in [5, 5.41) is 2.37. The second kappa shape index (κ2) is 5.90. The first kappa shape index (κ1) is 14.3. The van der Waals surface area contributed by atoms with Gasteiger partial charge in [-0.15, -0.1) is 0 Å². The average Bonchev–Trinajstić information content (AvgIpc) is 3.08. The number of nitrogens with one attached hydrogen (secondary N) is 1. The average molecular weight is 280 g/mol. The van der Waals surface area contributed by atoms with Crippen LogP contribution in [0.1, 0.15) is 33.1 Å². The molecular formula is C14H20N2O2S. The molecule has 19 heavy (non-hydrogen) atoms. The van der Waals surface area contributed by atoms with Crippen LogP contribution in [-0.4, -0.2) is 29.2 Å². The van der Waals surface area contributed by atoms with Gasteiger partial charge in [0.05, 0.1) is 5.92 Å². The molecule has 0 bridgehead atoms. The third-order valence-corrected chi connectivity index (χ3v) is 4.91. The molecule has 3 atom stereocenters. The SMILES string of the molecule is CCC/C(=C\CC(C)=NC)C1C2SC(=O)NC(=O)C21. The second-order valence-corrected chi connectivity index (χ2v) is 6.25. The van der Waals surface area contributed by atoms with Crippen LogP contribution in [0.25, 0.3) is 0 Å². The van der Waals surface area contributed by atoms with Gasteiger partial charge in [-0.2, -0.15) is 0 Å². The van der Waals surface area contributed by atoms with E-state index in [9.17, 15) is 9.59 Å². The number of carbonyl (C=O) groups is 2. The van der Waals surface area contributed by atoms with E-state index in [2.05, 4.69) is 23.3 Å². The topological polar surface area (TPSA) is 58.5 Å².